The SMILES string of the molecule is C#C[C@@H](O)[C@@]1(NC(=O)C(Cl)(Cl)Cl)[C@H]([C@H]2COC(C)(C)O2)[C@@H](O)[C@]2(CO)O[C@@H]2[C@H]1O. The fourth-order valence-corrected chi connectivity index (χ4v) is 4.53. The number of epoxide rings is 1. The molecular formula is C17H22Cl3NO8. The second-order valence-corrected chi connectivity index (χ2v) is 10.2. The molecule has 29 heavy (non-hydrogen) atoms. The largest absolute Gasteiger partial charge is 0.393 e. The fraction of sp³-hybridized carbons (Fsp3) is 0.824. The van der Waals surface area contributed by atoms with Crippen molar-refractivity contribution in [3.63, 3.8) is 0 Å². The molecule has 3 aliphatic rings. The van der Waals surface area contributed by atoms with E-state index in [2.05, 4.69) is 11.2 Å². The summed E-state index contributed by atoms with van der Waals surface area (Å²) in [7, 11) is 0. The van der Waals surface area contributed by atoms with E-state index in [1.807, 2.05) is 0 Å². The van der Waals surface area contributed by atoms with Crippen molar-refractivity contribution in [2.45, 2.75) is 65.1 Å². The van der Waals surface area contributed by atoms with Gasteiger partial charge in [0.15, 0.2) is 5.79 Å². The summed E-state index contributed by atoms with van der Waals surface area (Å²) in [6.07, 6.45) is -1.76. The molecule has 12 heteroatoms. The molecule has 9 nitrogen and oxygen atoms in total. The summed E-state index contributed by atoms with van der Waals surface area (Å²) in [6.45, 7) is 2.53. The van der Waals surface area contributed by atoms with Gasteiger partial charge in [-0.25, -0.2) is 0 Å². The molecular weight excluding hydrogens is 453 g/mol. The first kappa shape index (κ1) is 23.3. The molecule has 0 aromatic heterocycles. The Kier molecular flexibility index (Phi) is 5.90. The zero-order valence-corrected chi connectivity index (χ0v) is 17.8. The lowest BCUT2D eigenvalue weighted by Crippen LogP contribution is -2.78. The summed E-state index contributed by atoms with van der Waals surface area (Å²) >= 11 is 17.0. The van der Waals surface area contributed by atoms with Gasteiger partial charge in [-0.2, -0.15) is 0 Å². The smallest absolute Gasteiger partial charge is 0.272 e. The van der Waals surface area contributed by atoms with Crippen LogP contribution in [-0.2, 0) is 19.0 Å². The monoisotopic (exact) mass is 473 g/mol. The third-order valence-electron chi connectivity index (χ3n) is 5.82. The van der Waals surface area contributed by atoms with Crippen LogP contribution in [0.3, 0.4) is 0 Å². The molecule has 0 spiro atoms. The minimum atomic E-state index is -2.46. The number of fused-ring (bicyclic) bond motifs is 1. The van der Waals surface area contributed by atoms with Gasteiger partial charge in [-0.3, -0.25) is 4.79 Å². The van der Waals surface area contributed by atoms with Crippen LogP contribution in [0.2, 0.25) is 0 Å². The van der Waals surface area contributed by atoms with Crippen molar-refractivity contribution in [1.82, 2.24) is 5.32 Å². The number of hydrogen-bond donors (Lipinski definition) is 5. The lowest BCUT2D eigenvalue weighted by atomic mass is 9.61. The van der Waals surface area contributed by atoms with Gasteiger partial charge in [-0.15, -0.1) is 6.42 Å². The molecule has 1 amide bonds. The Hall–Kier alpha value is -0.380. The van der Waals surface area contributed by atoms with Crippen LogP contribution in [0.5, 0.6) is 0 Å². The molecule has 8 atom stereocenters. The average Bonchev–Trinajstić information content (AvgIpc) is 3.29. The quantitative estimate of drug-likeness (QED) is 0.195. The number of alkyl halides is 3. The number of halogens is 3. The molecule has 0 bridgehead atoms. The Morgan fingerprint density at radius 3 is 2.38 bits per heavy atom. The van der Waals surface area contributed by atoms with E-state index in [1.54, 1.807) is 13.8 Å². The summed E-state index contributed by atoms with van der Waals surface area (Å²) in [5.41, 5.74) is -3.66. The van der Waals surface area contributed by atoms with E-state index in [4.69, 9.17) is 55.4 Å². The minimum Gasteiger partial charge on any atom is -0.393 e. The van der Waals surface area contributed by atoms with Gasteiger partial charge in [-0.05, 0) is 13.8 Å². The highest BCUT2D eigenvalue weighted by Gasteiger charge is 2.79. The maximum absolute atomic E-state index is 12.5. The lowest BCUT2D eigenvalue weighted by molar-refractivity contribution is -0.187. The van der Waals surface area contributed by atoms with E-state index in [9.17, 15) is 25.2 Å². The highest BCUT2D eigenvalue weighted by molar-refractivity contribution is 6.76. The molecule has 2 heterocycles. The maximum atomic E-state index is 12.5. The second kappa shape index (κ2) is 7.35. The van der Waals surface area contributed by atoms with E-state index in [1.165, 1.54) is 0 Å². The zero-order chi connectivity index (χ0) is 22.0. The maximum Gasteiger partial charge on any atom is 0.272 e. The zero-order valence-electron chi connectivity index (χ0n) is 15.5. The molecule has 2 aliphatic heterocycles. The third-order valence-corrected chi connectivity index (χ3v) is 6.33. The average molecular weight is 475 g/mol. The lowest BCUT2D eigenvalue weighted by Gasteiger charge is -2.52. The number of nitrogens with one attached hydrogen (secondary N) is 1. The molecule has 0 aromatic carbocycles. The number of amides is 1. The van der Waals surface area contributed by atoms with Crippen molar-refractivity contribution in [1.29, 1.82) is 0 Å². The van der Waals surface area contributed by atoms with Crippen LogP contribution in [0.1, 0.15) is 13.8 Å². The van der Waals surface area contributed by atoms with Gasteiger partial charge in [0.1, 0.15) is 29.5 Å². The standard InChI is InChI=1S/C17H22Cl3NO8/c1-4-8(23)16(21-13(26)17(18,19)20)9(7-5-27-14(2,3)28-7)10(24)15(6-22)12(29-15)11(16)25/h1,7-12,22-25H,5-6H2,2-3H3,(H,21,26)/t7-,8-,9-,10-,11-,12-,15+,16-/m1/s1. The predicted octanol–water partition coefficient (Wildman–Crippen LogP) is -1.16. The Labute approximate surface area is 182 Å². The van der Waals surface area contributed by atoms with Crippen molar-refractivity contribution in [3.8, 4) is 12.3 Å². The number of carbonyl (C=O) groups excluding carboxylic acids is 1. The third kappa shape index (κ3) is 3.53. The number of rotatable bonds is 4. The van der Waals surface area contributed by atoms with Crippen LogP contribution >= 0.6 is 34.8 Å². The second-order valence-electron chi connectivity index (χ2n) is 7.89. The van der Waals surface area contributed by atoms with Crippen LogP contribution in [-0.4, -0.2) is 90.8 Å². The highest BCUT2D eigenvalue weighted by Crippen LogP contribution is 2.56. The fourth-order valence-electron chi connectivity index (χ4n) is 4.38. The minimum absolute atomic E-state index is 0.0731. The first-order valence-electron chi connectivity index (χ1n) is 8.77. The van der Waals surface area contributed by atoms with E-state index < -0.39 is 69.7 Å². The van der Waals surface area contributed by atoms with Crippen molar-refractivity contribution in [3.05, 3.63) is 0 Å². The van der Waals surface area contributed by atoms with Crippen molar-refractivity contribution >= 4 is 40.7 Å². The van der Waals surface area contributed by atoms with Gasteiger partial charge in [0.2, 0.25) is 0 Å². The Bertz CT molecular complexity index is 724. The van der Waals surface area contributed by atoms with E-state index in [0.717, 1.165) is 0 Å². The number of ether oxygens (including phenoxy) is 3. The molecule has 0 radical (unpaired) electrons. The highest BCUT2D eigenvalue weighted by atomic mass is 35.6. The van der Waals surface area contributed by atoms with Crippen LogP contribution in [0.15, 0.2) is 0 Å². The molecule has 1 aliphatic carbocycles. The first-order valence-corrected chi connectivity index (χ1v) is 9.90. The number of hydrogen-bond acceptors (Lipinski definition) is 8. The summed E-state index contributed by atoms with van der Waals surface area (Å²) < 4.78 is 14.3. The van der Waals surface area contributed by atoms with Crippen molar-refractivity contribution in [2.75, 3.05) is 13.2 Å². The van der Waals surface area contributed by atoms with E-state index in [-0.39, 0.29) is 6.61 Å². The van der Waals surface area contributed by atoms with Gasteiger partial charge in [-0.1, -0.05) is 40.7 Å². The summed E-state index contributed by atoms with van der Waals surface area (Å²) in [5.74, 6) is -1.50. The molecule has 3 fully saturated rings. The number of aliphatic hydroxyl groups is 4. The Morgan fingerprint density at radius 2 is 1.93 bits per heavy atom. The van der Waals surface area contributed by atoms with Gasteiger partial charge in [0.05, 0.1) is 25.4 Å². The van der Waals surface area contributed by atoms with E-state index in [0.29, 0.717) is 0 Å². The first-order chi connectivity index (χ1) is 13.3. The van der Waals surface area contributed by atoms with Gasteiger partial charge >= 0.3 is 0 Å². The van der Waals surface area contributed by atoms with E-state index >= 15 is 0 Å². The molecule has 5 N–H and O–H groups in total. The molecule has 1 saturated carbocycles. The van der Waals surface area contributed by atoms with Crippen LogP contribution in [0.25, 0.3) is 0 Å². The molecule has 3 rings (SSSR count). The van der Waals surface area contributed by atoms with Gasteiger partial charge < -0.3 is 40.0 Å². The normalized spacial score (nSPS) is 44.5. The van der Waals surface area contributed by atoms with Crippen LogP contribution < -0.4 is 5.32 Å². The molecule has 0 aromatic rings. The topological polar surface area (TPSA) is 141 Å². The summed E-state index contributed by atoms with van der Waals surface area (Å²) in [6, 6.07) is 0. The molecule has 2 saturated heterocycles. The van der Waals surface area contributed by atoms with Gasteiger partial charge in [0, 0.05) is 5.92 Å². The van der Waals surface area contributed by atoms with Crippen LogP contribution in [0.4, 0.5) is 0 Å². The predicted molar refractivity (Wildman–Crippen MR) is 101 cm³/mol. The number of terminal acetylenes is 1. The Balaban J connectivity index is 2.13. The van der Waals surface area contributed by atoms with Crippen molar-refractivity contribution < 1.29 is 39.4 Å². The van der Waals surface area contributed by atoms with Crippen molar-refractivity contribution in [2.24, 2.45) is 5.92 Å². The number of carbonyl (C=O) groups is 1. The molecule has 0 unspecified atom stereocenters. The Morgan fingerprint density at radius 1 is 1.31 bits per heavy atom. The summed E-state index contributed by atoms with van der Waals surface area (Å²) in [4.78, 5) is 12.5. The van der Waals surface area contributed by atoms with Crippen LogP contribution in [0, 0.1) is 18.3 Å². The number of aliphatic hydroxyl groups excluding tert-OH is 4. The summed E-state index contributed by atoms with van der Waals surface area (Å²) in [5, 5.41) is 45.0. The molecule has 164 valence electrons. The van der Waals surface area contributed by atoms with Gasteiger partial charge in [0.25, 0.3) is 9.70 Å².